The number of nitrogens with one attached hydrogen (secondary N) is 1. The van der Waals surface area contributed by atoms with Gasteiger partial charge in [0.05, 0.1) is 11.3 Å². The topological polar surface area (TPSA) is 49.4 Å². The molecule has 1 fully saturated rings. The standard InChI is InChI=1S/C21H23BrN2O2/c1-14-7-5-8-15(2)24(14)21(26)18-11-3-4-12-19(18)23-20(25)16-9-6-10-17(22)13-16/h3-4,6,9-15H,5,7-8H2,1-2H3,(H,23,25)/t14-,15-/m0/s1. The molecule has 0 aromatic heterocycles. The lowest BCUT2D eigenvalue weighted by molar-refractivity contribution is 0.0512. The zero-order valence-electron chi connectivity index (χ0n) is 15.0. The van der Waals surface area contributed by atoms with Crippen molar-refractivity contribution in [2.24, 2.45) is 0 Å². The Bertz CT molecular complexity index is 811. The molecule has 2 aromatic carbocycles. The first-order chi connectivity index (χ1) is 12.5. The van der Waals surface area contributed by atoms with Gasteiger partial charge in [-0.3, -0.25) is 9.59 Å². The van der Waals surface area contributed by atoms with E-state index in [1.165, 1.54) is 0 Å². The van der Waals surface area contributed by atoms with E-state index in [1.54, 1.807) is 24.3 Å². The molecule has 2 atom stereocenters. The van der Waals surface area contributed by atoms with Crippen LogP contribution in [0.4, 0.5) is 5.69 Å². The fraction of sp³-hybridized carbons (Fsp3) is 0.333. The number of amides is 2. The van der Waals surface area contributed by atoms with Crippen molar-refractivity contribution in [2.45, 2.75) is 45.2 Å². The van der Waals surface area contributed by atoms with Gasteiger partial charge in [0, 0.05) is 22.1 Å². The summed E-state index contributed by atoms with van der Waals surface area (Å²) in [7, 11) is 0. The number of para-hydroxylation sites is 1. The number of halogens is 1. The number of benzene rings is 2. The Kier molecular flexibility index (Phi) is 5.77. The van der Waals surface area contributed by atoms with Crippen LogP contribution in [0.25, 0.3) is 0 Å². The van der Waals surface area contributed by atoms with E-state index in [2.05, 4.69) is 35.1 Å². The van der Waals surface area contributed by atoms with Crippen molar-refractivity contribution in [3.63, 3.8) is 0 Å². The second kappa shape index (κ2) is 8.04. The van der Waals surface area contributed by atoms with Gasteiger partial charge in [0.1, 0.15) is 0 Å². The molecule has 1 aliphatic heterocycles. The van der Waals surface area contributed by atoms with E-state index in [9.17, 15) is 9.59 Å². The van der Waals surface area contributed by atoms with Crippen LogP contribution in [-0.4, -0.2) is 28.8 Å². The molecule has 2 amide bonds. The number of likely N-dealkylation sites (tertiary alicyclic amines) is 1. The second-order valence-corrected chi connectivity index (χ2v) is 7.77. The summed E-state index contributed by atoms with van der Waals surface area (Å²) in [5.41, 5.74) is 1.63. The van der Waals surface area contributed by atoms with Crippen molar-refractivity contribution in [3.8, 4) is 0 Å². The number of anilines is 1. The average Bonchev–Trinajstić information content (AvgIpc) is 2.62. The summed E-state index contributed by atoms with van der Waals surface area (Å²) in [6.45, 7) is 4.19. The quantitative estimate of drug-likeness (QED) is 0.758. The van der Waals surface area contributed by atoms with Crippen LogP contribution in [0.1, 0.15) is 53.8 Å². The largest absolute Gasteiger partial charge is 0.333 e. The molecular weight excluding hydrogens is 392 g/mol. The normalized spacial score (nSPS) is 19.9. The van der Waals surface area contributed by atoms with Crippen LogP contribution in [0.15, 0.2) is 53.0 Å². The maximum atomic E-state index is 13.2. The Morgan fingerprint density at radius 1 is 1.04 bits per heavy atom. The molecule has 0 saturated carbocycles. The third-order valence-electron chi connectivity index (χ3n) is 4.92. The number of hydrogen-bond donors (Lipinski definition) is 1. The van der Waals surface area contributed by atoms with Crippen molar-refractivity contribution in [1.29, 1.82) is 0 Å². The van der Waals surface area contributed by atoms with Crippen LogP contribution in [0.2, 0.25) is 0 Å². The zero-order chi connectivity index (χ0) is 18.7. The number of carbonyl (C=O) groups is 2. The first kappa shape index (κ1) is 18.6. The van der Waals surface area contributed by atoms with Gasteiger partial charge in [0.15, 0.2) is 0 Å². The van der Waals surface area contributed by atoms with Gasteiger partial charge in [-0.1, -0.05) is 34.1 Å². The van der Waals surface area contributed by atoms with Crippen molar-refractivity contribution < 1.29 is 9.59 Å². The molecule has 1 aliphatic rings. The lowest BCUT2D eigenvalue weighted by Gasteiger charge is -2.39. The van der Waals surface area contributed by atoms with E-state index < -0.39 is 0 Å². The summed E-state index contributed by atoms with van der Waals surface area (Å²) in [4.78, 5) is 27.7. The highest BCUT2D eigenvalue weighted by atomic mass is 79.9. The third-order valence-corrected chi connectivity index (χ3v) is 5.41. The molecule has 0 bridgehead atoms. The first-order valence-electron chi connectivity index (χ1n) is 8.96. The molecule has 0 aliphatic carbocycles. The molecule has 26 heavy (non-hydrogen) atoms. The Morgan fingerprint density at radius 2 is 1.73 bits per heavy atom. The van der Waals surface area contributed by atoms with Crippen molar-refractivity contribution in [1.82, 2.24) is 4.90 Å². The van der Waals surface area contributed by atoms with Crippen LogP contribution in [0, 0.1) is 0 Å². The average molecular weight is 415 g/mol. The summed E-state index contributed by atoms with van der Waals surface area (Å²) in [5.74, 6) is -0.249. The molecule has 1 heterocycles. The van der Waals surface area contributed by atoms with E-state index in [4.69, 9.17) is 0 Å². The van der Waals surface area contributed by atoms with Gasteiger partial charge in [-0.05, 0) is 63.4 Å². The van der Waals surface area contributed by atoms with Gasteiger partial charge >= 0.3 is 0 Å². The molecule has 0 unspecified atom stereocenters. The summed E-state index contributed by atoms with van der Waals surface area (Å²) >= 11 is 3.38. The van der Waals surface area contributed by atoms with Crippen LogP contribution in [-0.2, 0) is 0 Å². The molecule has 3 rings (SSSR count). The summed E-state index contributed by atoms with van der Waals surface area (Å²) in [6.07, 6.45) is 3.18. The highest BCUT2D eigenvalue weighted by Gasteiger charge is 2.30. The van der Waals surface area contributed by atoms with E-state index in [0.717, 1.165) is 23.7 Å². The van der Waals surface area contributed by atoms with E-state index in [-0.39, 0.29) is 23.9 Å². The molecule has 1 saturated heterocycles. The molecule has 4 nitrogen and oxygen atoms in total. The minimum absolute atomic E-state index is 0.0187. The predicted octanol–water partition coefficient (Wildman–Crippen LogP) is 5.10. The monoisotopic (exact) mass is 414 g/mol. The van der Waals surface area contributed by atoms with Gasteiger partial charge in [-0.15, -0.1) is 0 Å². The smallest absolute Gasteiger partial charge is 0.256 e. The highest BCUT2D eigenvalue weighted by Crippen LogP contribution is 2.27. The Hall–Kier alpha value is -2.14. The molecule has 5 heteroatoms. The molecule has 0 radical (unpaired) electrons. The van der Waals surface area contributed by atoms with E-state index >= 15 is 0 Å². The fourth-order valence-corrected chi connectivity index (χ4v) is 3.96. The second-order valence-electron chi connectivity index (χ2n) is 6.85. The van der Waals surface area contributed by atoms with Crippen LogP contribution >= 0.6 is 15.9 Å². The van der Waals surface area contributed by atoms with Crippen LogP contribution in [0.5, 0.6) is 0 Å². The number of rotatable bonds is 3. The predicted molar refractivity (Wildman–Crippen MR) is 107 cm³/mol. The van der Waals surface area contributed by atoms with Crippen LogP contribution < -0.4 is 5.32 Å². The third kappa shape index (κ3) is 3.98. The van der Waals surface area contributed by atoms with Crippen molar-refractivity contribution in [3.05, 3.63) is 64.1 Å². The van der Waals surface area contributed by atoms with Gasteiger partial charge in [-0.25, -0.2) is 0 Å². The number of hydrogen-bond acceptors (Lipinski definition) is 2. The van der Waals surface area contributed by atoms with Gasteiger partial charge in [0.25, 0.3) is 11.8 Å². The first-order valence-corrected chi connectivity index (χ1v) is 9.75. The number of nitrogens with zero attached hydrogens (tertiary/aromatic N) is 1. The lowest BCUT2D eigenvalue weighted by Crippen LogP contribution is -2.47. The maximum Gasteiger partial charge on any atom is 0.256 e. The zero-order valence-corrected chi connectivity index (χ0v) is 16.6. The lowest BCUT2D eigenvalue weighted by atomic mass is 9.96. The Balaban J connectivity index is 1.86. The van der Waals surface area contributed by atoms with Gasteiger partial charge in [0.2, 0.25) is 0 Å². The summed E-state index contributed by atoms with van der Waals surface area (Å²) < 4.78 is 0.838. The van der Waals surface area contributed by atoms with Gasteiger partial charge < -0.3 is 10.2 Å². The molecule has 0 spiro atoms. The molecule has 136 valence electrons. The minimum atomic E-state index is -0.230. The highest BCUT2D eigenvalue weighted by molar-refractivity contribution is 9.10. The van der Waals surface area contributed by atoms with E-state index in [1.807, 2.05) is 29.2 Å². The Morgan fingerprint density at radius 3 is 2.42 bits per heavy atom. The summed E-state index contributed by atoms with van der Waals surface area (Å²) in [6, 6.07) is 14.8. The van der Waals surface area contributed by atoms with Crippen LogP contribution in [0.3, 0.4) is 0 Å². The SMILES string of the molecule is C[C@H]1CCC[C@H](C)N1C(=O)c1ccccc1NC(=O)c1cccc(Br)c1. The van der Waals surface area contributed by atoms with Crippen molar-refractivity contribution >= 4 is 33.4 Å². The van der Waals surface area contributed by atoms with E-state index in [0.29, 0.717) is 16.8 Å². The number of piperidine rings is 1. The van der Waals surface area contributed by atoms with Crippen molar-refractivity contribution in [2.75, 3.05) is 5.32 Å². The minimum Gasteiger partial charge on any atom is -0.333 e. The maximum absolute atomic E-state index is 13.2. The summed E-state index contributed by atoms with van der Waals surface area (Å²) in [5, 5.41) is 2.90. The number of carbonyl (C=O) groups excluding carboxylic acids is 2. The van der Waals surface area contributed by atoms with Gasteiger partial charge in [-0.2, -0.15) is 0 Å². The molecule has 1 N–H and O–H groups in total. The Labute approximate surface area is 162 Å². The fourth-order valence-electron chi connectivity index (χ4n) is 3.56. The molecular formula is C21H23BrN2O2. The molecule has 2 aromatic rings.